The van der Waals surface area contributed by atoms with Gasteiger partial charge >= 0.3 is 5.97 Å². The van der Waals surface area contributed by atoms with Crippen LogP contribution in [0.2, 0.25) is 0 Å². The van der Waals surface area contributed by atoms with Gasteiger partial charge in [-0.15, -0.1) is 11.8 Å². The predicted molar refractivity (Wildman–Crippen MR) is 88.3 cm³/mol. The summed E-state index contributed by atoms with van der Waals surface area (Å²) in [6, 6.07) is 9.66. The third-order valence-electron chi connectivity index (χ3n) is 3.71. The first-order valence-corrected chi connectivity index (χ1v) is 8.24. The molecule has 120 valence electrons. The molecule has 0 bridgehead atoms. The predicted octanol–water partition coefficient (Wildman–Crippen LogP) is 2.49. The first kappa shape index (κ1) is 17.1. The average molecular weight is 330 g/mol. The summed E-state index contributed by atoms with van der Waals surface area (Å²) in [6.07, 6.45) is 0. The number of carbonyl (C=O) groups excluding carboxylic acids is 2. The molecule has 0 saturated heterocycles. The van der Waals surface area contributed by atoms with Crippen LogP contribution in [0.1, 0.15) is 24.0 Å². The van der Waals surface area contributed by atoms with Gasteiger partial charge in [0.1, 0.15) is 5.92 Å². The number of nitriles is 1. The molecule has 0 aliphatic carbocycles. The van der Waals surface area contributed by atoms with Gasteiger partial charge in [-0.3, -0.25) is 9.59 Å². The Labute approximate surface area is 139 Å². The van der Waals surface area contributed by atoms with Crippen LogP contribution < -0.4 is 5.32 Å². The quantitative estimate of drug-likeness (QED) is 0.678. The van der Waals surface area contributed by atoms with Gasteiger partial charge in [0.25, 0.3) is 0 Å². The minimum Gasteiger partial charge on any atom is -0.468 e. The highest BCUT2D eigenvalue weighted by atomic mass is 32.2. The number of hydrogen-bond donors (Lipinski definition) is 1. The third-order valence-corrected chi connectivity index (χ3v) is 4.61. The Kier molecular flexibility index (Phi) is 5.45. The summed E-state index contributed by atoms with van der Waals surface area (Å²) >= 11 is 1.38. The van der Waals surface area contributed by atoms with Crippen LogP contribution in [0.25, 0.3) is 0 Å². The van der Waals surface area contributed by atoms with E-state index in [4.69, 9.17) is 4.74 Å². The molecule has 6 heteroatoms. The van der Waals surface area contributed by atoms with Crippen LogP contribution in [-0.2, 0) is 14.3 Å². The molecule has 0 radical (unpaired) electrons. The van der Waals surface area contributed by atoms with E-state index in [1.807, 2.05) is 38.1 Å². The van der Waals surface area contributed by atoms with Crippen molar-refractivity contribution >= 4 is 23.6 Å². The second-order valence-corrected chi connectivity index (χ2v) is 6.44. The van der Waals surface area contributed by atoms with Gasteiger partial charge in [0.15, 0.2) is 0 Å². The monoisotopic (exact) mass is 330 g/mol. The largest absolute Gasteiger partial charge is 0.468 e. The van der Waals surface area contributed by atoms with Gasteiger partial charge in [-0.2, -0.15) is 5.26 Å². The lowest BCUT2D eigenvalue weighted by Gasteiger charge is -2.30. The minimum absolute atomic E-state index is 0.399. The molecule has 1 aliphatic rings. The summed E-state index contributed by atoms with van der Waals surface area (Å²) in [6.45, 7) is 3.89. The van der Waals surface area contributed by atoms with Crippen LogP contribution in [0.15, 0.2) is 34.9 Å². The lowest BCUT2D eigenvalue weighted by atomic mass is 9.78. The molecule has 1 amide bonds. The maximum Gasteiger partial charge on any atom is 0.319 e. The summed E-state index contributed by atoms with van der Waals surface area (Å²) in [5.41, 5.74) is 2.22. The van der Waals surface area contributed by atoms with E-state index in [0.717, 1.165) is 11.1 Å². The van der Waals surface area contributed by atoms with Crippen molar-refractivity contribution in [1.82, 2.24) is 5.32 Å². The summed E-state index contributed by atoms with van der Waals surface area (Å²) in [5, 5.41) is 12.8. The summed E-state index contributed by atoms with van der Waals surface area (Å²) < 4.78 is 4.79. The summed E-state index contributed by atoms with van der Waals surface area (Å²) in [5.74, 6) is -2.04. The van der Waals surface area contributed by atoms with Gasteiger partial charge in [0.2, 0.25) is 5.91 Å². The molecule has 1 unspecified atom stereocenters. The Morgan fingerprint density at radius 2 is 2.04 bits per heavy atom. The highest BCUT2D eigenvalue weighted by molar-refractivity contribution is 8.03. The van der Waals surface area contributed by atoms with Crippen molar-refractivity contribution in [2.24, 2.45) is 5.92 Å². The lowest BCUT2D eigenvalue weighted by molar-refractivity contribution is -0.150. The van der Waals surface area contributed by atoms with Crippen LogP contribution in [0.3, 0.4) is 0 Å². The zero-order chi connectivity index (χ0) is 17.0. The fourth-order valence-corrected chi connectivity index (χ4v) is 3.39. The molecule has 5 nitrogen and oxygen atoms in total. The van der Waals surface area contributed by atoms with Crippen molar-refractivity contribution in [3.05, 3.63) is 46.0 Å². The van der Waals surface area contributed by atoms with Gasteiger partial charge in [0, 0.05) is 5.92 Å². The zero-order valence-corrected chi connectivity index (χ0v) is 14.1. The Balaban J connectivity index is 2.61. The number of aryl methyl sites for hydroxylation is 1. The van der Waals surface area contributed by atoms with E-state index in [-0.39, 0.29) is 0 Å². The summed E-state index contributed by atoms with van der Waals surface area (Å²) in [4.78, 5) is 24.6. The summed E-state index contributed by atoms with van der Waals surface area (Å²) in [7, 11) is 1.24. The zero-order valence-electron chi connectivity index (χ0n) is 13.3. The highest BCUT2D eigenvalue weighted by Gasteiger charge is 2.44. The lowest BCUT2D eigenvalue weighted by Crippen LogP contribution is -2.44. The standard InChI is InChI=1S/C17H18N2O3S/c1-4-23-16-12(9-18)13(11-7-5-10(2)6-8-11)14(15(20)19-16)17(21)22-3/h5-8,13-14H,4H2,1-3H3,(H,19,20)/t13?,14-/m0/s1. The van der Waals surface area contributed by atoms with E-state index in [1.54, 1.807) is 0 Å². The minimum atomic E-state index is -1.06. The van der Waals surface area contributed by atoms with Crippen molar-refractivity contribution in [3.63, 3.8) is 0 Å². The topological polar surface area (TPSA) is 79.2 Å². The van der Waals surface area contributed by atoms with Gasteiger partial charge in [0.05, 0.1) is 23.8 Å². The maximum absolute atomic E-state index is 12.4. The Bertz CT molecular complexity index is 689. The van der Waals surface area contributed by atoms with Gasteiger partial charge in [-0.05, 0) is 18.2 Å². The van der Waals surface area contributed by atoms with Crippen molar-refractivity contribution in [2.75, 3.05) is 12.9 Å². The second-order valence-electron chi connectivity index (χ2n) is 5.17. The molecule has 1 N–H and O–H groups in total. The molecule has 1 aromatic carbocycles. The number of allylic oxidation sites excluding steroid dienone is 1. The number of nitrogens with zero attached hydrogens (tertiary/aromatic N) is 1. The fraction of sp³-hybridized carbons (Fsp3) is 0.353. The number of benzene rings is 1. The van der Waals surface area contributed by atoms with Crippen LogP contribution in [0.4, 0.5) is 0 Å². The number of ether oxygens (including phenoxy) is 1. The molecule has 0 spiro atoms. The van der Waals surface area contributed by atoms with Crippen LogP contribution >= 0.6 is 11.8 Å². The number of esters is 1. The van der Waals surface area contributed by atoms with Crippen molar-refractivity contribution in [1.29, 1.82) is 5.26 Å². The van der Waals surface area contributed by atoms with Crippen LogP contribution in [-0.4, -0.2) is 24.7 Å². The first-order chi connectivity index (χ1) is 11.0. The fourth-order valence-electron chi connectivity index (χ4n) is 2.60. The SMILES string of the molecule is CCSC1=C(C#N)C(c2ccc(C)cc2)[C@H](C(=O)OC)C(=O)N1. The first-order valence-electron chi connectivity index (χ1n) is 7.25. The molecule has 2 atom stereocenters. The number of thioether (sulfide) groups is 1. The molecule has 1 aromatic rings. The molecule has 23 heavy (non-hydrogen) atoms. The number of nitrogens with one attached hydrogen (secondary N) is 1. The van der Waals surface area contributed by atoms with E-state index < -0.39 is 23.7 Å². The van der Waals surface area contributed by atoms with Gasteiger partial charge < -0.3 is 10.1 Å². The number of amides is 1. The molecule has 0 fully saturated rings. The number of hydrogen-bond acceptors (Lipinski definition) is 5. The molecule has 1 aliphatic heterocycles. The average Bonchev–Trinajstić information content (AvgIpc) is 2.54. The molecular weight excluding hydrogens is 312 g/mol. The molecule has 0 saturated carbocycles. The van der Waals surface area contributed by atoms with E-state index in [0.29, 0.717) is 16.4 Å². The number of rotatable bonds is 4. The molecule has 0 aromatic heterocycles. The van der Waals surface area contributed by atoms with E-state index >= 15 is 0 Å². The van der Waals surface area contributed by atoms with Crippen LogP contribution in [0, 0.1) is 24.2 Å². The van der Waals surface area contributed by atoms with E-state index in [9.17, 15) is 14.9 Å². The van der Waals surface area contributed by atoms with Crippen LogP contribution in [0.5, 0.6) is 0 Å². The molecule has 2 rings (SSSR count). The van der Waals surface area contributed by atoms with Gasteiger partial charge in [-0.25, -0.2) is 0 Å². The Morgan fingerprint density at radius 3 is 2.57 bits per heavy atom. The number of methoxy groups -OCH3 is 1. The smallest absolute Gasteiger partial charge is 0.319 e. The van der Waals surface area contributed by atoms with Gasteiger partial charge in [-0.1, -0.05) is 36.8 Å². The van der Waals surface area contributed by atoms with E-state index in [2.05, 4.69) is 11.4 Å². The highest BCUT2D eigenvalue weighted by Crippen LogP contribution is 2.40. The second kappa shape index (κ2) is 7.34. The van der Waals surface area contributed by atoms with E-state index in [1.165, 1.54) is 18.9 Å². The van der Waals surface area contributed by atoms with Crippen molar-refractivity contribution in [3.8, 4) is 6.07 Å². The Hall–Kier alpha value is -2.26. The third kappa shape index (κ3) is 3.40. The molecule has 1 heterocycles. The molecular formula is C17H18N2O3S. The normalized spacial score (nSPS) is 20.7. The number of carbonyl (C=O) groups is 2. The Morgan fingerprint density at radius 1 is 1.39 bits per heavy atom. The maximum atomic E-state index is 12.4. The van der Waals surface area contributed by atoms with Crippen molar-refractivity contribution < 1.29 is 14.3 Å². The van der Waals surface area contributed by atoms with Crippen molar-refractivity contribution in [2.45, 2.75) is 19.8 Å².